The number of rotatable bonds is 2. The summed E-state index contributed by atoms with van der Waals surface area (Å²) in [6.45, 7) is 7.41. The van der Waals surface area contributed by atoms with Crippen LogP contribution in [0, 0.1) is 5.92 Å². The summed E-state index contributed by atoms with van der Waals surface area (Å²) in [4.78, 5) is 16.0. The van der Waals surface area contributed by atoms with Gasteiger partial charge in [0, 0.05) is 24.5 Å². The number of amides is 1. The summed E-state index contributed by atoms with van der Waals surface area (Å²) in [5, 5.41) is 2.03. The van der Waals surface area contributed by atoms with Gasteiger partial charge in [-0.15, -0.1) is 0 Å². The first kappa shape index (κ1) is 12.0. The first-order chi connectivity index (χ1) is 7.99. The standard InChI is InChI=1S/C13H19N3O/c1-10-7-13(2,3)16(9-10)15-12(17)11-5-4-6-14-8-11/h4-6,8,10H,7,9H2,1-3H3,(H,15,17)/t10-/m0/s1. The molecule has 17 heavy (non-hydrogen) atoms. The molecule has 2 rings (SSSR count). The van der Waals surface area contributed by atoms with Gasteiger partial charge in [0.25, 0.3) is 5.91 Å². The van der Waals surface area contributed by atoms with Crippen molar-refractivity contribution in [1.29, 1.82) is 0 Å². The van der Waals surface area contributed by atoms with Crippen LogP contribution in [0.4, 0.5) is 0 Å². The molecular weight excluding hydrogens is 214 g/mol. The second-order valence-corrected chi connectivity index (χ2v) is 5.41. The van der Waals surface area contributed by atoms with Crippen molar-refractivity contribution in [2.75, 3.05) is 6.54 Å². The minimum Gasteiger partial charge on any atom is -0.284 e. The first-order valence-electron chi connectivity index (χ1n) is 5.98. The van der Waals surface area contributed by atoms with E-state index < -0.39 is 0 Å². The average Bonchev–Trinajstić information content (AvgIpc) is 2.53. The number of hydrogen-bond donors (Lipinski definition) is 1. The van der Waals surface area contributed by atoms with Crippen molar-refractivity contribution in [3.63, 3.8) is 0 Å². The molecule has 1 aromatic heterocycles. The lowest BCUT2D eigenvalue weighted by Gasteiger charge is -2.31. The lowest BCUT2D eigenvalue weighted by atomic mass is 9.98. The summed E-state index contributed by atoms with van der Waals surface area (Å²) in [6.07, 6.45) is 4.35. The Balaban J connectivity index is 2.05. The fourth-order valence-electron chi connectivity index (χ4n) is 2.47. The topological polar surface area (TPSA) is 45.2 Å². The van der Waals surface area contributed by atoms with Gasteiger partial charge in [-0.05, 0) is 38.3 Å². The molecule has 0 bridgehead atoms. The molecule has 0 aromatic carbocycles. The molecule has 0 spiro atoms. The summed E-state index contributed by atoms with van der Waals surface area (Å²) < 4.78 is 0. The SMILES string of the molecule is C[C@@H]1CN(NC(=O)c2cccnc2)C(C)(C)C1. The van der Waals surface area contributed by atoms with Crippen molar-refractivity contribution in [2.45, 2.75) is 32.7 Å². The van der Waals surface area contributed by atoms with Crippen molar-refractivity contribution < 1.29 is 4.79 Å². The predicted octanol–water partition coefficient (Wildman–Crippen LogP) is 1.85. The van der Waals surface area contributed by atoms with Crippen molar-refractivity contribution in [1.82, 2.24) is 15.4 Å². The van der Waals surface area contributed by atoms with E-state index in [1.54, 1.807) is 24.5 Å². The Kier molecular flexibility index (Phi) is 3.15. The zero-order chi connectivity index (χ0) is 12.5. The Morgan fingerprint density at radius 3 is 2.88 bits per heavy atom. The Hall–Kier alpha value is -1.42. The molecule has 1 atom stereocenters. The molecule has 1 aromatic rings. The van der Waals surface area contributed by atoms with Crippen molar-refractivity contribution in [3.8, 4) is 0 Å². The highest BCUT2D eigenvalue weighted by molar-refractivity contribution is 5.93. The van der Waals surface area contributed by atoms with Crippen LogP contribution in [0.15, 0.2) is 24.5 Å². The minimum absolute atomic E-state index is 0.0251. The quantitative estimate of drug-likeness (QED) is 0.848. The minimum atomic E-state index is -0.0831. The molecule has 1 N–H and O–H groups in total. The Morgan fingerprint density at radius 2 is 2.35 bits per heavy atom. The molecule has 0 saturated carbocycles. The maximum atomic E-state index is 12.0. The third kappa shape index (κ3) is 2.64. The van der Waals surface area contributed by atoms with E-state index in [0.29, 0.717) is 11.5 Å². The highest BCUT2D eigenvalue weighted by Crippen LogP contribution is 2.30. The maximum absolute atomic E-state index is 12.0. The van der Waals surface area contributed by atoms with Crippen LogP contribution >= 0.6 is 0 Å². The molecule has 0 radical (unpaired) electrons. The van der Waals surface area contributed by atoms with Gasteiger partial charge in [-0.3, -0.25) is 15.2 Å². The largest absolute Gasteiger partial charge is 0.284 e. The van der Waals surface area contributed by atoms with Crippen LogP contribution in [0.3, 0.4) is 0 Å². The molecule has 4 heteroatoms. The molecule has 4 nitrogen and oxygen atoms in total. The van der Waals surface area contributed by atoms with E-state index in [1.807, 2.05) is 5.01 Å². The third-order valence-electron chi connectivity index (χ3n) is 3.23. The number of hydrazine groups is 1. The van der Waals surface area contributed by atoms with Gasteiger partial charge >= 0.3 is 0 Å². The number of carbonyl (C=O) groups excluding carboxylic acids is 1. The second kappa shape index (κ2) is 4.45. The molecule has 1 aliphatic heterocycles. The monoisotopic (exact) mass is 233 g/mol. The van der Waals surface area contributed by atoms with Gasteiger partial charge in [0.15, 0.2) is 0 Å². The van der Waals surface area contributed by atoms with E-state index in [9.17, 15) is 4.79 Å². The highest BCUT2D eigenvalue weighted by atomic mass is 16.2. The van der Waals surface area contributed by atoms with Gasteiger partial charge in [0.05, 0.1) is 5.56 Å². The molecule has 2 heterocycles. The second-order valence-electron chi connectivity index (χ2n) is 5.41. The van der Waals surface area contributed by atoms with Crippen LogP contribution in [-0.4, -0.2) is 28.0 Å². The van der Waals surface area contributed by atoms with Gasteiger partial charge in [0.2, 0.25) is 0 Å². The predicted molar refractivity (Wildman–Crippen MR) is 66.3 cm³/mol. The van der Waals surface area contributed by atoms with E-state index in [1.165, 1.54) is 0 Å². The van der Waals surface area contributed by atoms with Gasteiger partial charge in [-0.1, -0.05) is 6.92 Å². The van der Waals surface area contributed by atoms with E-state index >= 15 is 0 Å². The molecule has 1 saturated heterocycles. The average molecular weight is 233 g/mol. The number of pyridine rings is 1. The zero-order valence-corrected chi connectivity index (χ0v) is 10.6. The molecule has 0 unspecified atom stereocenters. The van der Waals surface area contributed by atoms with Crippen LogP contribution in [0.2, 0.25) is 0 Å². The van der Waals surface area contributed by atoms with Gasteiger partial charge in [0.1, 0.15) is 0 Å². The molecule has 0 aliphatic carbocycles. The lowest BCUT2D eigenvalue weighted by Crippen LogP contribution is -2.50. The summed E-state index contributed by atoms with van der Waals surface area (Å²) in [7, 11) is 0. The van der Waals surface area contributed by atoms with Gasteiger partial charge in [-0.2, -0.15) is 0 Å². The fraction of sp³-hybridized carbons (Fsp3) is 0.538. The summed E-state index contributed by atoms with van der Waals surface area (Å²) in [5.41, 5.74) is 3.60. The van der Waals surface area contributed by atoms with E-state index in [2.05, 4.69) is 31.2 Å². The first-order valence-corrected chi connectivity index (χ1v) is 5.98. The molecule has 92 valence electrons. The van der Waals surface area contributed by atoms with Crippen LogP contribution in [-0.2, 0) is 0 Å². The zero-order valence-electron chi connectivity index (χ0n) is 10.6. The Labute approximate surface area is 102 Å². The third-order valence-corrected chi connectivity index (χ3v) is 3.23. The lowest BCUT2D eigenvalue weighted by molar-refractivity contribution is 0.0634. The van der Waals surface area contributed by atoms with Crippen LogP contribution in [0.1, 0.15) is 37.6 Å². The van der Waals surface area contributed by atoms with Crippen molar-refractivity contribution in [3.05, 3.63) is 30.1 Å². The molecule has 1 fully saturated rings. The number of nitrogens with zero attached hydrogens (tertiary/aromatic N) is 2. The Bertz CT molecular complexity index is 402. The van der Waals surface area contributed by atoms with Crippen LogP contribution < -0.4 is 5.43 Å². The Morgan fingerprint density at radius 1 is 1.59 bits per heavy atom. The van der Waals surface area contributed by atoms with Crippen LogP contribution in [0.25, 0.3) is 0 Å². The van der Waals surface area contributed by atoms with E-state index in [4.69, 9.17) is 0 Å². The summed E-state index contributed by atoms with van der Waals surface area (Å²) >= 11 is 0. The molecule has 1 amide bonds. The van der Waals surface area contributed by atoms with Crippen LogP contribution in [0.5, 0.6) is 0 Å². The number of nitrogens with one attached hydrogen (secondary N) is 1. The van der Waals surface area contributed by atoms with Crippen molar-refractivity contribution in [2.24, 2.45) is 5.92 Å². The number of carbonyl (C=O) groups is 1. The fourth-order valence-corrected chi connectivity index (χ4v) is 2.47. The maximum Gasteiger partial charge on any atom is 0.267 e. The number of aromatic nitrogens is 1. The molecule has 1 aliphatic rings. The van der Waals surface area contributed by atoms with Crippen molar-refractivity contribution >= 4 is 5.91 Å². The molecular formula is C13H19N3O. The van der Waals surface area contributed by atoms with Gasteiger partial charge in [-0.25, -0.2) is 5.01 Å². The van der Waals surface area contributed by atoms with E-state index in [0.717, 1.165) is 13.0 Å². The smallest absolute Gasteiger partial charge is 0.267 e. The van der Waals surface area contributed by atoms with E-state index in [-0.39, 0.29) is 11.4 Å². The van der Waals surface area contributed by atoms with Gasteiger partial charge < -0.3 is 0 Å². The number of hydrogen-bond acceptors (Lipinski definition) is 3. The highest BCUT2D eigenvalue weighted by Gasteiger charge is 2.37. The summed E-state index contributed by atoms with van der Waals surface area (Å²) in [5.74, 6) is 0.527. The normalized spacial score (nSPS) is 23.6. The summed E-state index contributed by atoms with van der Waals surface area (Å²) in [6, 6.07) is 3.54.